The summed E-state index contributed by atoms with van der Waals surface area (Å²) in [7, 11) is 0. The lowest BCUT2D eigenvalue weighted by molar-refractivity contribution is 0.0696. The predicted octanol–water partition coefficient (Wildman–Crippen LogP) is 2.39. The molecule has 1 aromatic heterocycles. The highest BCUT2D eigenvalue weighted by atomic mass is 16.4. The van der Waals surface area contributed by atoms with E-state index < -0.39 is 5.97 Å². The first-order valence-electron chi connectivity index (χ1n) is 5.23. The zero-order chi connectivity index (χ0) is 12.1. The van der Waals surface area contributed by atoms with Gasteiger partial charge >= 0.3 is 5.97 Å². The van der Waals surface area contributed by atoms with Crippen LogP contribution >= 0.6 is 0 Å². The van der Waals surface area contributed by atoms with Crippen LogP contribution in [0.2, 0.25) is 0 Å². The highest BCUT2D eigenvalue weighted by Crippen LogP contribution is 2.07. The van der Waals surface area contributed by atoms with Crippen molar-refractivity contribution in [1.29, 1.82) is 0 Å². The van der Waals surface area contributed by atoms with Crippen molar-refractivity contribution in [3.8, 4) is 0 Å². The Morgan fingerprint density at radius 3 is 2.53 bits per heavy atom. The van der Waals surface area contributed by atoms with Gasteiger partial charge in [-0.2, -0.15) is 0 Å². The van der Waals surface area contributed by atoms with Crippen LogP contribution in [0.5, 0.6) is 0 Å². The van der Waals surface area contributed by atoms with E-state index in [0.29, 0.717) is 12.4 Å². The fourth-order valence-electron chi connectivity index (χ4n) is 1.41. The van der Waals surface area contributed by atoms with Gasteiger partial charge in [0.1, 0.15) is 5.82 Å². The second-order valence-corrected chi connectivity index (χ2v) is 3.58. The molecule has 0 bridgehead atoms. The van der Waals surface area contributed by atoms with E-state index in [1.54, 1.807) is 6.07 Å². The third kappa shape index (κ3) is 3.04. The minimum Gasteiger partial charge on any atom is -0.478 e. The molecule has 4 heteroatoms. The number of nitrogens with one attached hydrogen (secondary N) is 1. The maximum Gasteiger partial charge on any atom is 0.337 e. The van der Waals surface area contributed by atoms with Crippen LogP contribution in [0.3, 0.4) is 0 Å². The summed E-state index contributed by atoms with van der Waals surface area (Å²) in [6.07, 6.45) is 1.34. The summed E-state index contributed by atoms with van der Waals surface area (Å²) in [6, 6.07) is 13.1. The van der Waals surface area contributed by atoms with E-state index in [4.69, 9.17) is 5.11 Å². The Hall–Kier alpha value is -2.36. The summed E-state index contributed by atoms with van der Waals surface area (Å²) in [5, 5.41) is 11.8. The van der Waals surface area contributed by atoms with Gasteiger partial charge in [-0.25, -0.2) is 9.78 Å². The van der Waals surface area contributed by atoms with Gasteiger partial charge in [-0.3, -0.25) is 0 Å². The Morgan fingerprint density at radius 2 is 1.94 bits per heavy atom. The molecule has 0 amide bonds. The van der Waals surface area contributed by atoms with Crippen LogP contribution in [0.4, 0.5) is 5.82 Å². The highest BCUT2D eigenvalue weighted by Gasteiger charge is 2.02. The normalized spacial score (nSPS) is 9.88. The molecule has 2 rings (SSSR count). The Labute approximate surface area is 98.9 Å². The molecular weight excluding hydrogens is 216 g/mol. The molecule has 0 unspecified atom stereocenters. The van der Waals surface area contributed by atoms with Crippen molar-refractivity contribution < 1.29 is 9.90 Å². The SMILES string of the molecule is O=C(O)c1ccc(NCc2ccccc2)nc1. The van der Waals surface area contributed by atoms with E-state index in [1.165, 1.54) is 12.3 Å². The van der Waals surface area contributed by atoms with Crippen LogP contribution < -0.4 is 5.32 Å². The molecule has 0 fully saturated rings. The standard InChI is InChI=1S/C13H12N2O2/c16-13(17)11-6-7-12(15-9-11)14-8-10-4-2-1-3-5-10/h1-7,9H,8H2,(H,14,15)(H,16,17). The number of pyridine rings is 1. The van der Waals surface area contributed by atoms with Gasteiger partial charge in [-0.15, -0.1) is 0 Å². The third-order valence-electron chi connectivity index (χ3n) is 2.33. The van der Waals surface area contributed by atoms with Gasteiger partial charge < -0.3 is 10.4 Å². The van der Waals surface area contributed by atoms with Gasteiger partial charge in [0.2, 0.25) is 0 Å². The summed E-state index contributed by atoms with van der Waals surface area (Å²) in [5.41, 5.74) is 1.34. The maximum atomic E-state index is 10.6. The number of hydrogen-bond donors (Lipinski definition) is 2. The fraction of sp³-hybridized carbons (Fsp3) is 0.0769. The number of rotatable bonds is 4. The number of carboxylic acid groups (broad SMARTS) is 1. The highest BCUT2D eigenvalue weighted by molar-refractivity contribution is 5.87. The van der Waals surface area contributed by atoms with Gasteiger partial charge in [0.05, 0.1) is 5.56 Å². The first kappa shape index (κ1) is 11.1. The van der Waals surface area contributed by atoms with E-state index in [1.807, 2.05) is 30.3 Å². The topological polar surface area (TPSA) is 62.2 Å². The summed E-state index contributed by atoms with van der Waals surface area (Å²) < 4.78 is 0. The summed E-state index contributed by atoms with van der Waals surface area (Å²) in [4.78, 5) is 14.7. The quantitative estimate of drug-likeness (QED) is 0.843. The number of aromatic carboxylic acids is 1. The summed E-state index contributed by atoms with van der Waals surface area (Å²) >= 11 is 0. The zero-order valence-corrected chi connectivity index (χ0v) is 9.13. The van der Waals surface area contributed by atoms with Crippen LogP contribution in [0, 0.1) is 0 Å². The monoisotopic (exact) mass is 228 g/mol. The number of nitrogens with zero attached hydrogens (tertiary/aromatic N) is 1. The minimum absolute atomic E-state index is 0.190. The number of benzene rings is 1. The fourth-order valence-corrected chi connectivity index (χ4v) is 1.41. The molecule has 2 aromatic rings. The molecule has 0 spiro atoms. The van der Waals surface area contributed by atoms with E-state index >= 15 is 0 Å². The van der Waals surface area contributed by atoms with Crippen molar-refractivity contribution in [2.45, 2.75) is 6.54 Å². The molecule has 0 atom stereocenters. The molecule has 0 aliphatic rings. The Kier molecular flexibility index (Phi) is 3.35. The molecule has 0 saturated heterocycles. The second kappa shape index (κ2) is 5.12. The Balaban J connectivity index is 1.98. The molecule has 0 radical (unpaired) electrons. The van der Waals surface area contributed by atoms with Crippen LogP contribution in [-0.2, 0) is 6.54 Å². The smallest absolute Gasteiger partial charge is 0.337 e. The average Bonchev–Trinajstić information content (AvgIpc) is 2.38. The molecule has 86 valence electrons. The summed E-state index contributed by atoms with van der Waals surface area (Å²) in [6.45, 7) is 0.667. The molecule has 2 N–H and O–H groups in total. The van der Waals surface area contributed by atoms with Crippen molar-refractivity contribution in [2.75, 3.05) is 5.32 Å². The third-order valence-corrected chi connectivity index (χ3v) is 2.33. The van der Waals surface area contributed by atoms with E-state index in [2.05, 4.69) is 10.3 Å². The Morgan fingerprint density at radius 1 is 1.18 bits per heavy atom. The van der Waals surface area contributed by atoms with E-state index in [-0.39, 0.29) is 5.56 Å². The number of carboxylic acids is 1. The van der Waals surface area contributed by atoms with Crippen LogP contribution in [0.15, 0.2) is 48.7 Å². The van der Waals surface area contributed by atoms with Gasteiger partial charge in [0, 0.05) is 12.7 Å². The van der Waals surface area contributed by atoms with Crippen molar-refractivity contribution in [1.82, 2.24) is 4.98 Å². The summed E-state index contributed by atoms with van der Waals surface area (Å²) in [5.74, 6) is -0.300. The first-order valence-corrected chi connectivity index (χ1v) is 5.23. The molecule has 4 nitrogen and oxygen atoms in total. The number of aromatic nitrogens is 1. The number of carbonyl (C=O) groups is 1. The first-order chi connectivity index (χ1) is 8.25. The van der Waals surface area contributed by atoms with Gasteiger partial charge in [-0.05, 0) is 17.7 Å². The van der Waals surface area contributed by atoms with Crippen LogP contribution in [0.1, 0.15) is 15.9 Å². The van der Waals surface area contributed by atoms with Crippen molar-refractivity contribution in [2.24, 2.45) is 0 Å². The Bertz CT molecular complexity index is 495. The van der Waals surface area contributed by atoms with E-state index in [9.17, 15) is 4.79 Å². The lowest BCUT2D eigenvalue weighted by Crippen LogP contribution is -2.03. The van der Waals surface area contributed by atoms with Crippen molar-refractivity contribution in [3.05, 3.63) is 59.8 Å². The largest absolute Gasteiger partial charge is 0.478 e. The zero-order valence-electron chi connectivity index (χ0n) is 9.13. The van der Waals surface area contributed by atoms with Gasteiger partial charge in [-0.1, -0.05) is 30.3 Å². The number of hydrogen-bond acceptors (Lipinski definition) is 3. The molecule has 0 aliphatic heterocycles. The lowest BCUT2D eigenvalue weighted by Gasteiger charge is -2.05. The molecule has 0 saturated carbocycles. The minimum atomic E-state index is -0.966. The van der Waals surface area contributed by atoms with Crippen molar-refractivity contribution in [3.63, 3.8) is 0 Å². The molecule has 1 aromatic carbocycles. The average molecular weight is 228 g/mol. The van der Waals surface area contributed by atoms with Gasteiger partial charge in [0.25, 0.3) is 0 Å². The molecule has 17 heavy (non-hydrogen) atoms. The molecule has 0 aliphatic carbocycles. The predicted molar refractivity (Wildman–Crippen MR) is 65.0 cm³/mol. The maximum absolute atomic E-state index is 10.6. The lowest BCUT2D eigenvalue weighted by atomic mass is 10.2. The van der Waals surface area contributed by atoms with Crippen molar-refractivity contribution >= 4 is 11.8 Å². The second-order valence-electron chi connectivity index (χ2n) is 3.58. The molecule has 1 heterocycles. The van der Waals surface area contributed by atoms with Crippen LogP contribution in [-0.4, -0.2) is 16.1 Å². The van der Waals surface area contributed by atoms with Gasteiger partial charge in [0.15, 0.2) is 0 Å². The number of anilines is 1. The van der Waals surface area contributed by atoms with E-state index in [0.717, 1.165) is 5.56 Å². The molecular formula is C13H12N2O2. The van der Waals surface area contributed by atoms with Crippen LogP contribution in [0.25, 0.3) is 0 Å².